The van der Waals surface area contributed by atoms with Crippen molar-refractivity contribution in [1.82, 2.24) is 10.2 Å². The van der Waals surface area contributed by atoms with Crippen LogP contribution in [-0.2, 0) is 0 Å². The molecule has 12 heavy (non-hydrogen) atoms. The Morgan fingerprint density at radius 3 is 3.00 bits per heavy atom. The second kappa shape index (κ2) is 2.35. The molecule has 0 aliphatic heterocycles. The normalized spacial score (nSPS) is 10.8. The van der Waals surface area contributed by atoms with E-state index in [9.17, 15) is 4.39 Å². The molecule has 3 N–H and O–H groups in total. The van der Waals surface area contributed by atoms with Crippen molar-refractivity contribution >= 4 is 28.2 Å². The van der Waals surface area contributed by atoms with E-state index in [0.717, 1.165) is 0 Å². The van der Waals surface area contributed by atoms with Crippen molar-refractivity contribution in [3.8, 4) is 0 Å². The van der Waals surface area contributed by atoms with Crippen molar-refractivity contribution in [2.45, 2.75) is 0 Å². The van der Waals surface area contributed by atoms with Crippen LogP contribution in [0.1, 0.15) is 0 Å². The molecule has 0 bridgehead atoms. The van der Waals surface area contributed by atoms with Gasteiger partial charge in [0.15, 0.2) is 0 Å². The highest BCUT2D eigenvalue weighted by Crippen LogP contribution is 2.24. The Bertz CT molecular complexity index is 437. The number of rotatable bonds is 0. The number of nitrogens with zero attached hydrogens (tertiary/aromatic N) is 1. The molecule has 3 nitrogen and oxygen atoms in total. The minimum atomic E-state index is -0.481. The molecule has 0 saturated carbocycles. The number of aromatic nitrogens is 2. The summed E-state index contributed by atoms with van der Waals surface area (Å²) in [5.74, 6) is -0.481. The van der Waals surface area contributed by atoms with Gasteiger partial charge in [-0.2, -0.15) is 5.10 Å². The number of fused-ring (bicyclic) bond motifs is 1. The van der Waals surface area contributed by atoms with Gasteiger partial charge in [0, 0.05) is 11.5 Å². The van der Waals surface area contributed by atoms with Crippen molar-refractivity contribution in [2.75, 3.05) is 5.73 Å². The summed E-state index contributed by atoms with van der Waals surface area (Å²) in [7, 11) is 0. The van der Waals surface area contributed by atoms with Crippen LogP contribution in [0.15, 0.2) is 12.1 Å². The van der Waals surface area contributed by atoms with Crippen LogP contribution in [0.25, 0.3) is 10.9 Å². The van der Waals surface area contributed by atoms with E-state index in [0.29, 0.717) is 16.1 Å². The Morgan fingerprint density at radius 1 is 1.50 bits per heavy atom. The van der Waals surface area contributed by atoms with Crippen LogP contribution in [0.4, 0.5) is 10.1 Å². The molecule has 0 fully saturated rings. The predicted molar refractivity (Wildman–Crippen MR) is 45.5 cm³/mol. The number of H-pyrrole nitrogens is 1. The van der Waals surface area contributed by atoms with Crippen LogP contribution >= 0.6 is 11.6 Å². The second-order valence-corrected chi connectivity index (χ2v) is 2.81. The number of hydrogen-bond acceptors (Lipinski definition) is 2. The summed E-state index contributed by atoms with van der Waals surface area (Å²) in [5.41, 5.74) is 5.89. The van der Waals surface area contributed by atoms with Gasteiger partial charge in [0.25, 0.3) is 0 Å². The van der Waals surface area contributed by atoms with E-state index < -0.39 is 5.82 Å². The number of benzene rings is 1. The van der Waals surface area contributed by atoms with Gasteiger partial charge in [0.05, 0.1) is 11.2 Å². The molecule has 62 valence electrons. The first-order valence-corrected chi connectivity index (χ1v) is 3.65. The molecular formula is C7H5ClFN3. The van der Waals surface area contributed by atoms with Gasteiger partial charge in [0.1, 0.15) is 11.0 Å². The fourth-order valence-corrected chi connectivity index (χ4v) is 1.21. The lowest BCUT2D eigenvalue weighted by atomic mass is 10.2. The van der Waals surface area contributed by atoms with Gasteiger partial charge in [-0.25, -0.2) is 4.39 Å². The first-order chi connectivity index (χ1) is 5.68. The third kappa shape index (κ3) is 0.921. The average molecular weight is 186 g/mol. The number of nitrogen functional groups attached to an aromatic ring is 1. The van der Waals surface area contributed by atoms with E-state index in [1.165, 1.54) is 12.1 Å². The summed E-state index contributed by atoms with van der Waals surface area (Å²) in [6.45, 7) is 0. The summed E-state index contributed by atoms with van der Waals surface area (Å²) in [6, 6.07) is 2.70. The molecule has 5 heteroatoms. The van der Waals surface area contributed by atoms with Crippen molar-refractivity contribution in [1.29, 1.82) is 0 Å². The van der Waals surface area contributed by atoms with Gasteiger partial charge >= 0.3 is 0 Å². The quantitative estimate of drug-likeness (QED) is 0.617. The molecule has 2 rings (SSSR count). The van der Waals surface area contributed by atoms with Gasteiger partial charge in [-0.15, -0.1) is 0 Å². The SMILES string of the molecule is Nc1cc2c(Cl)[nH]nc2cc1F. The van der Waals surface area contributed by atoms with Gasteiger partial charge in [-0.3, -0.25) is 5.10 Å². The summed E-state index contributed by atoms with van der Waals surface area (Å²) in [6.07, 6.45) is 0. The molecule has 2 aromatic rings. The fraction of sp³-hybridized carbons (Fsp3) is 0. The molecule has 0 aliphatic carbocycles. The smallest absolute Gasteiger partial charge is 0.148 e. The molecule has 0 saturated heterocycles. The lowest BCUT2D eigenvalue weighted by molar-refractivity contribution is 0.634. The fourth-order valence-electron chi connectivity index (χ4n) is 1.02. The molecule has 0 spiro atoms. The zero-order chi connectivity index (χ0) is 8.72. The second-order valence-electron chi connectivity index (χ2n) is 2.43. The highest BCUT2D eigenvalue weighted by Gasteiger charge is 2.06. The summed E-state index contributed by atoms with van der Waals surface area (Å²) >= 11 is 5.70. The molecule has 1 aromatic carbocycles. The van der Waals surface area contributed by atoms with Crippen molar-refractivity contribution in [2.24, 2.45) is 0 Å². The molecule has 1 aromatic heterocycles. The first-order valence-electron chi connectivity index (χ1n) is 3.27. The first kappa shape index (κ1) is 7.36. The van der Waals surface area contributed by atoms with E-state index in [1.54, 1.807) is 0 Å². The third-order valence-electron chi connectivity index (χ3n) is 1.63. The number of nitrogens with one attached hydrogen (secondary N) is 1. The van der Waals surface area contributed by atoms with Crippen LogP contribution in [0, 0.1) is 5.82 Å². The number of nitrogens with two attached hydrogens (primary N) is 1. The third-order valence-corrected chi connectivity index (χ3v) is 1.91. The number of anilines is 1. The molecule has 1 heterocycles. The molecular weight excluding hydrogens is 181 g/mol. The maximum atomic E-state index is 12.8. The Morgan fingerprint density at radius 2 is 2.25 bits per heavy atom. The largest absolute Gasteiger partial charge is 0.396 e. The van der Waals surface area contributed by atoms with Crippen LogP contribution in [-0.4, -0.2) is 10.2 Å². The summed E-state index contributed by atoms with van der Waals surface area (Å²) < 4.78 is 12.8. The lowest BCUT2D eigenvalue weighted by Gasteiger charge is -1.94. The van der Waals surface area contributed by atoms with Crippen molar-refractivity contribution in [3.05, 3.63) is 23.1 Å². The lowest BCUT2D eigenvalue weighted by Crippen LogP contribution is -1.89. The zero-order valence-electron chi connectivity index (χ0n) is 5.94. The minimum Gasteiger partial charge on any atom is -0.396 e. The number of hydrogen-bond donors (Lipinski definition) is 2. The van der Waals surface area contributed by atoms with E-state index >= 15 is 0 Å². The van der Waals surface area contributed by atoms with Crippen LogP contribution in [0.3, 0.4) is 0 Å². The molecule has 0 atom stereocenters. The number of halogens is 2. The van der Waals surface area contributed by atoms with E-state index in [1.807, 2.05) is 0 Å². The van der Waals surface area contributed by atoms with Gasteiger partial charge in [-0.1, -0.05) is 11.6 Å². The van der Waals surface area contributed by atoms with Crippen molar-refractivity contribution in [3.63, 3.8) is 0 Å². The average Bonchev–Trinajstić information content (AvgIpc) is 2.35. The standard InChI is InChI=1S/C7H5ClFN3/c8-7-3-1-5(10)4(9)2-6(3)11-12-7/h1-2H,10H2,(H,11,12). The Kier molecular flexibility index (Phi) is 1.44. The van der Waals surface area contributed by atoms with Crippen LogP contribution < -0.4 is 5.73 Å². The Labute approximate surface area is 72.3 Å². The Hall–Kier alpha value is -1.29. The van der Waals surface area contributed by atoms with Crippen LogP contribution in [0.5, 0.6) is 0 Å². The topological polar surface area (TPSA) is 54.7 Å². The van der Waals surface area contributed by atoms with Crippen LogP contribution in [0.2, 0.25) is 5.15 Å². The predicted octanol–water partition coefficient (Wildman–Crippen LogP) is 1.94. The maximum absolute atomic E-state index is 12.8. The van der Waals surface area contributed by atoms with Gasteiger partial charge in [-0.05, 0) is 6.07 Å². The highest BCUT2D eigenvalue weighted by molar-refractivity contribution is 6.34. The van der Waals surface area contributed by atoms with E-state index in [4.69, 9.17) is 17.3 Å². The number of aromatic amines is 1. The maximum Gasteiger partial charge on any atom is 0.148 e. The summed E-state index contributed by atoms with van der Waals surface area (Å²) in [5, 5.41) is 7.30. The molecule has 0 radical (unpaired) electrons. The molecule has 0 amide bonds. The van der Waals surface area contributed by atoms with Gasteiger partial charge in [0.2, 0.25) is 0 Å². The van der Waals surface area contributed by atoms with Gasteiger partial charge < -0.3 is 5.73 Å². The van der Waals surface area contributed by atoms with E-state index in [-0.39, 0.29) is 5.69 Å². The molecule has 0 aliphatic rings. The van der Waals surface area contributed by atoms with Crippen molar-refractivity contribution < 1.29 is 4.39 Å². The molecule has 0 unspecified atom stereocenters. The zero-order valence-corrected chi connectivity index (χ0v) is 6.69. The van der Waals surface area contributed by atoms with E-state index in [2.05, 4.69) is 10.2 Å². The summed E-state index contributed by atoms with van der Waals surface area (Å²) in [4.78, 5) is 0. The Balaban J connectivity index is 2.87. The highest BCUT2D eigenvalue weighted by atomic mass is 35.5. The minimum absolute atomic E-state index is 0.0748. The monoisotopic (exact) mass is 185 g/mol.